The fourth-order valence-electron chi connectivity index (χ4n) is 2.54. The summed E-state index contributed by atoms with van der Waals surface area (Å²) in [5.41, 5.74) is 2.31. The highest BCUT2D eigenvalue weighted by Gasteiger charge is 2.29. The molecule has 0 radical (unpaired) electrons. The van der Waals surface area contributed by atoms with Gasteiger partial charge in [0.1, 0.15) is 6.10 Å². The molecule has 3 aromatic rings. The smallest absolute Gasteiger partial charge is 0.139 e. The summed E-state index contributed by atoms with van der Waals surface area (Å²) in [6.07, 6.45) is 6.60. The van der Waals surface area contributed by atoms with Gasteiger partial charge in [-0.05, 0) is 25.0 Å². The summed E-state index contributed by atoms with van der Waals surface area (Å²) >= 11 is 0. The normalized spacial score (nSPS) is 16.0. The highest BCUT2D eigenvalue weighted by molar-refractivity contribution is 5.33. The maximum atomic E-state index is 10.7. The fourth-order valence-corrected chi connectivity index (χ4v) is 2.54. The second kappa shape index (κ2) is 4.82. The van der Waals surface area contributed by atoms with Gasteiger partial charge >= 0.3 is 0 Å². The molecule has 2 aromatic heterocycles. The topological polar surface area (TPSA) is 68.8 Å². The van der Waals surface area contributed by atoms with Crippen LogP contribution in [0, 0.1) is 0 Å². The van der Waals surface area contributed by atoms with Crippen LogP contribution in [0.1, 0.15) is 36.4 Å². The van der Waals surface area contributed by atoms with Crippen LogP contribution in [0.25, 0.3) is 5.69 Å². The van der Waals surface area contributed by atoms with Gasteiger partial charge in [-0.15, -0.1) is 5.10 Å². The Hall–Kier alpha value is -2.47. The summed E-state index contributed by atoms with van der Waals surface area (Å²) in [6.45, 7) is 0. The van der Waals surface area contributed by atoms with Crippen LogP contribution in [0.2, 0.25) is 0 Å². The number of para-hydroxylation sites is 1. The largest absolute Gasteiger partial charge is 0.380 e. The zero-order chi connectivity index (χ0) is 14.2. The van der Waals surface area contributed by atoms with Gasteiger partial charge in [0, 0.05) is 6.04 Å². The Bertz CT molecular complexity index is 744. The monoisotopic (exact) mass is 281 g/mol. The molecule has 21 heavy (non-hydrogen) atoms. The third-order valence-electron chi connectivity index (χ3n) is 3.77. The van der Waals surface area contributed by atoms with Crippen LogP contribution in [-0.4, -0.2) is 29.7 Å². The fraction of sp³-hybridized carbons (Fsp3) is 0.267. The number of aliphatic hydroxyl groups excluding tert-OH is 1. The van der Waals surface area contributed by atoms with E-state index in [0.29, 0.717) is 11.7 Å². The number of aromatic nitrogens is 5. The number of nitrogens with zero attached hydrogens (tertiary/aromatic N) is 5. The maximum Gasteiger partial charge on any atom is 0.139 e. The average molecular weight is 281 g/mol. The molecule has 2 heterocycles. The second-order valence-corrected chi connectivity index (χ2v) is 5.27. The van der Waals surface area contributed by atoms with Crippen LogP contribution in [-0.2, 0) is 0 Å². The number of benzene rings is 1. The molecule has 0 amide bonds. The van der Waals surface area contributed by atoms with Crippen molar-refractivity contribution in [3.63, 3.8) is 0 Å². The van der Waals surface area contributed by atoms with Gasteiger partial charge in [0.2, 0.25) is 0 Å². The van der Waals surface area contributed by atoms with E-state index in [-0.39, 0.29) is 0 Å². The van der Waals surface area contributed by atoms with Crippen LogP contribution in [0.5, 0.6) is 0 Å². The van der Waals surface area contributed by atoms with Gasteiger partial charge in [0.15, 0.2) is 0 Å². The number of aliphatic hydroxyl groups is 1. The Kier molecular flexibility index (Phi) is 2.82. The predicted octanol–water partition coefficient (Wildman–Crippen LogP) is 1.88. The van der Waals surface area contributed by atoms with Crippen LogP contribution in [0.3, 0.4) is 0 Å². The molecule has 1 aliphatic carbocycles. The van der Waals surface area contributed by atoms with Crippen LogP contribution in [0.15, 0.2) is 49.1 Å². The van der Waals surface area contributed by atoms with Crippen molar-refractivity contribution >= 4 is 0 Å². The molecule has 1 aromatic carbocycles. The summed E-state index contributed by atoms with van der Waals surface area (Å²) < 4.78 is 3.71. The standard InChI is InChI=1S/C15H15N5O/c21-15(13-8-16-10-19(13)11-6-7-11)14-9-17-18-20(14)12-4-2-1-3-5-12/h1-5,8-11,15,21H,6-7H2. The molecule has 6 heteroatoms. The molecule has 1 saturated carbocycles. The Morgan fingerprint density at radius 2 is 1.90 bits per heavy atom. The molecule has 1 fully saturated rings. The highest BCUT2D eigenvalue weighted by Crippen LogP contribution is 2.37. The lowest BCUT2D eigenvalue weighted by molar-refractivity contribution is 0.201. The van der Waals surface area contributed by atoms with E-state index in [1.807, 2.05) is 34.9 Å². The van der Waals surface area contributed by atoms with E-state index in [2.05, 4.69) is 15.3 Å². The Morgan fingerprint density at radius 3 is 2.67 bits per heavy atom. The number of imidazole rings is 1. The zero-order valence-corrected chi connectivity index (χ0v) is 11.4. The van der Waals surface area contributed by atoms with Crippen molar-refractivity contribution in [2.75, 3.05) is 0 Å². The number of hydrogen-bond acceptors (Lipinski definition) is 4. The summed E-state index contributed by atoms with van der Waals surface area (Å²) in [5, 5.41) is 18.7. The molecule has 0 bridgehead atoms. The molecule has 1 N–H and O–H groups in total. The van der Waals surface area contributed by atoms with E-state index in [1.54, 1.807) is 23.4 Å². The lowest BCUT2D eigenvalue weighted by Gasteiger charge is -2.14. The van der Waals surface area contributed by atoms with E-state index >= 15 is 0 Å². The molecular formula is C15H15N5O. The van der Waals surface area contributed by atoms with Crippen molar-refractivity contribution < 1.29 is 5.11 Å². The van der Waals surface area contributed by atoms with Crippen molar-refractivity contribution in [3.05, 3.63) is 60.4 Å². The van der Waals surface area contributed by atoms with Crippen molar-refractivity contribution in [1.82, 2.24) is 24.5 Å². The van der Waals surface area contributed by atoms with Gasteiger partial charge in [-0.1, -0.05) is 23.4 Å². The number of rotatable bonds is 4. The minimum Gasteiger partial charge on any atom is -0.380 e. The highest BCUT2D eigenvalue weighted by atomic mass is 16.3. The summed E-state index contributed by atoms with van der Waals surface area (Å²) in [4.78, 5) is 4.17. The van der Waals surface area contributed by atoms with Crippen LogP contribution in [0.4, 0.5) is 0 Å². The minimum absolute atomic E-state index is 0.471. The van der Waals surface area contributed by atoms with Gasteiger partial charge < -0.3 is 9.67 Å². The first-order valence-corrected chi connectivity index (χ1v) is 7.00. The predicted molar refractivity (Wildman–Crippen MR) is 75.9 cm³/mol. The molecule has 1 unspecified atom stereocenters. The van der Waals surface area contributed by atoms with Gasteiger partial charge in [0.05, 0.1) is 35.8 Å². The third-order valence-corrected chi connectivity index (χ3v) is 3.77. The molecular weight excluding hydrogens is 266 g/mol. The molecule has 0 spiro atoms. The molecule has 1 atom stereocenters. The molecule has 106 valence electrons. The first kappa shape index (κ1) is 12.3. The maximum absolute atomic E-state index is 10.7. The van der Waals surface area contributed by atoms with Crippen LogP contribution < -0.4 is 0 Å². The molecule has 0 saturated heterocycles. The van der Waals surface area contributed by atoms with Gasteiger partial charge in [-0.2, -0.15) is 0 Å². The first-order chi connectivity index (χ1) is 10.3. The lowest BCUT2D eigenvalue weighted by Crippen LogP contribution is -2.12. The van der Waals surface area contributed by atoms with Crippen molar-refractivity contribution in [2.24, 2.45) is 0 Å². The Balaban J connectivity index is 1.74. The summed E-state index contributed by atoms with van der Waals surface area (Å²) in [7, 11) is 0. The third kappa shape index (κ3) is 2.13. The lowest BCUT2D eigenvalue weighted by atomic mass is 10.2. The van der Waals surface area contributed by atoms with E-state index < -0.39 is 6.10 Å². The van der Waals surface area contributed by atoms with Crippen LogP contribution >= 0.6 is 0 Å². The van der Waals surface area contributed by atoms with E-state index in [9.17, 15) is 5.11 Å². The molecule has 6 nitrogen and oxygen atoms in total. The Morgan fingerprint density at radius 1 is 1.10 bits per heavy atom. The Labute approximate surface area is 121 Å². The number of hydrogen-bond donors (Lipinski definition) is 1. The van der Waals surface area contributed by atoms with Crippen molar-refractivity contribution in [1.29, 1.82) is 0 Å². The SMILES string of the molecule is OC(c1cncn1C1CC1)c1cnnn1-c1ccccc1. The average Bonchev–Trinajstić information content (AvgIpc) is 3.06. The molecule has 1 aliphatic rings. The minimum atomic E-state index is -0.789. The van der Waals surface area contributed by atoms with E-state index in [1.165, 1.54) is 0 Å². The summed E-state index contributed by atoms with van der Waals surface area (Å²) in [5.74, 6) is 0. The van der Waals surface area contributed by atoms with Crippen molar-refractivity contribution in [3.8, 4) is 5.69 Å². The molecule has 0 aliphatic heterocycles. The van der Waals surface area contributed by atoms with Gasteiger partial charge in [-0.3, -0.25) is 0 Å². The first-order valence-electron chi connectivity index (χ1n) is 7.00. The van der Waals surface area contributed by atoms with E-state index in [0.717, 1.165) is 24.2 Å². The second-order valence-electron chi connectivity index (χ2n) is 5.27. The van der Waals surface area contributed by atoms with Crippen molar-refractivity contribution in [2.45, 2.75) is 25.0 Å². The van der Waals surface area contributed by atoms with Gasteiger partial charge in [-0.25, -0.2) is 9.67 Å². The van der Waals surface area contributed by atoms with E-state index in [4.69, 9.17) is 0 Å². The quantitative estimate of drug-likeness (QED) is 0.792. The van der Waals surface area contributed by atoms with Gasteiger partial charge in [0.25, 0.3) is 0 Å². The zero-order valence-electron chi connectivity index (χ0n) is 11.4. The summed E-state index contributed by atoms with van der Waals surface area (Å²) in [6, 6.07) is 10.1. The molecule has 4 rings (SSSR count).